The van der Waals surface area contributed by atoms with Crippen molar-refractivity contribution < 1.29 is 14.3 Å². The highest BCUT2D eigenvalue weighted by atomic mass is 35.5. The van der Waals surface area contributed by atoms with Gasteiger partial charge in [-0.3, -0.25) is 9.36 Å². The first-order valence-electron chi connectivity index (χ1n) is 9.22. The molecule has 0 saturated heterocycles. The van der Waals surface area contributed by atoms with Gasteiger partial charge in [0.25, 0.3) is 5.91 Å². The third kappa shape index (κ3) is 4.65. The number of nitrogens with zero attached hydrogens (tertiary/aromatic N) is 3. The minimum absolute atomic E-state index is 0.283. The predicted molar refractivity (Wildman–Crippen MR) is 112 cm³/mol. The number of hydrogen-bond donors (Lipinski definition) is 3. The molecule has 3 aromatic heterocycles. The van der Waals surface area contributed by atoms with Crippen molar-refractivity contribution in [2.24, 2.45) is 0 Å². The molecule has 0 radical (unpaired) electrons. The number of alkyl halides is 1. The van der Waals surface area contributed by atoms with Gasteiger partial charge in [-0.2, -0.15) is 0 Å². The van der Waals surface area contributed by atoms with Crippen LogP contribution in [-0.2, 0) is 0 Å². The summed E-state index contributed by atoms with van der Waals surface area (Å²) in [5, 5.41) is 16.7. The molecule has 1 atom stereocenters. The van der Waals surface area contributed by atoms with Gasteiger partial charge in [0.1, 0.15) is 17.6 Å². The third-order valence-electron chi connectivity index (χ3n) is 4.45. The molecule has 0 aliphatic rings. The molecule has 3 rings (SSSR count). The van der Waals surface area contributed by atoms with Crippen molar-refractivity contribution in [2.45, 2.75) is 32.5 Å². The molecule has 7 nitrogen and oxygen atoms in total. The number of anilines is 1. The highest BCUT2D eigenvalue weighted by molar-refractivity contribution is 6.31. The average Bonchev–Trinajstić information content (AvgIpc) is 3.08. The number of aromatic nitrogens is 3. The number of fused-ring (bicyclic) bond motifs is 1. The average molecular weight is 420 g/mol. The van der Waals surface area contributed by atoms with E-state index in [-0.39, 0.29) is 12.1 Å². The van der Waals surface area contributed by atoms with E-state index < -0.39 is 17.7 Å². The van der Waals surface area contributed by atoms with Crippen LogP contribution in [-0.4, -0.2) is 50.4 Å². The molecular formula is C20H23ClFN5O2. The number of carbonyl (C=O) groups is 1. The summed E-state index contributed by atoms with van der Waals surface area (Å²) < 4.78 is 15.7. The van der Waals surface area contributed by atoms with Gasteiger partial charge < -0.3 is 15.7 Å². The SMILES string of the molecule is CCNc1cc(-n2ccc3cc(Cl)cnc32)ncc1C(=O)NCC(F)C(C)(C)O. The standard InChI is InChI=1S/C20H23ClFN5O2/c1-4-23-15-8-17(27-6-5-12-7-13(21)9-25-18(12)27)24-10-14(15)19(28)26-11-16(22)20(2,3)29/h5-10,16,29H,4,11H2,1-3H3,(H,23,24)(H,26,28). The molecule has 154 valence electrons. The maximum atomic E-state index is 13.9. The number of halogens is 2. The van der Waals surface area contributed by atoms with Gasteiger partial charge in [0.15, 0.2) is 0 Å². The van der Waals surface area contributed by atoms with Gasteiger partial charge in [0, 0.05) is 36.6 Å². The molecule has 0 spiro atoms. The normalized spacial score (nSPS) is 12.8. The van der Waals surface area contributed by atoms with Crippen LogP contribution in [0.4, 0.5) is 10.1 Å². The zero-order chi connectivity index (χ0) is 21.2. The summed E-state index contributed by atoms with van der Waals surface area (Å²) in [5.41, 5.74) is -0.00636. The van der Waals surface area contributed by atoms with E-state index in [1.807, 2.05) is 25.3 Å². The predicted octanol–water partition coefficient (Wildman–Crippen LogP) is 3.34. The van der Waals surface area contributed by atoms with Gasteiger partial charge in [0.05, 0.1) is 28.4 Å². The van der Waals surface area contributed by atoms with Crippen molar-refractivity contribution in [3.63, 3.8) is 0 Å². The molecule has 9 heteroatoms. The fraction of sp³-hybridized carbons (Fsp3) is 0.350. The minimum Gasteiger partial charge on any atom is -0.387 e. The van der Waals surface area contributed by atoms with E-state index in [1.165, 1.54) is 20.0 Å². The Morgan fingerprint density at radius 2 is 2.10 bits per heavy atom. The number of carbonyl (C=O) groups excluding carboxylic acids is 1. The van der Waals surface area contributed by atoms with Crippen LogP contribution in [0.25, 0.3) is 16.9 Å². The van der Waals surface area contributed by atoms with E-state index in [2.05, 4.69) is 20.6 Å². The van der Waals surface area contributed by atoms with Gasteiger partial charge >= 0.3 is 0 Å². The summed E-state index contributed by atoms with van der Waals surface area (Å²) in [6, 6.07) is 5.42. The first-order valence-corrected chi connectivity index (χ1v) is 9.60. The van der Waals surface area contributed by atoms with E-state index >= 15 is 0 Å². The molecule has 3 N–H and O–H groups in total. The van der Waals surface area contributed by atoms with Crippen molar-refractivity contribution in [3.8, 4) is 5.82 Å². The number of hydrogen-bond acceptors (Lipinski definition) is 5. The molecule has 29 heavy (non-hydrogen) atoms. The second-order valence-corrected chi connectivity index (χ2v) is 7.64. The number of aliphatic hydroxyl groups is 1. The smallest absolute Gasteiger partial charge is 0.255 e. The van der Waals surface area contributed by atoms with Gasteiger partial charge in [-0.05, 0) is 32.9 Å². The van der Waals surface area contributed by atoms with E-state index in [1.54, 1.807) is 16.8 Å². The van der Waals surface area contributed by atoms with Crippen molar-refractivity contribution in [1.82, 2.24) is 19.9 Å². The first kappa shape index (κ1) is 21.0. The topological polar surface area (TPSA) is 92.1 Å². The second-order valence-electron chi connectivity index (χ2n) is 7.20. The molecule has 0 saturated carbocycles. The van der Waals surface area contributed by atoms with Crippen LogP contribution < -0.4 is 10.6 Å². The Morgan fingerprint density at radius 1 is 1.34 bits per heavy atom. The van der Waals surface area contributed by atoms with Crippen LogP contribution in [0, 0.1) is 0 Å². The molecule has 0 aliphatic heterocycles. The van der Waals surface area contributed by atoms with Crippen LogP contribution in [0.3, 0.4) is 0 Å². The molecule has 0 aromatic carbocycles. The highest BCUT2D eigenvalue weighted by Crippen LogP contribution is 2.24. The summed E-state index contributed by atoms with van der Waals surface area (Å²) in [4.78, 5) is 21.3. The van der Waals surface area contributed by atoms with Gasteiger partial charge in [-0.1, -0.05) is 11.6 Å². The summed E-state index contributed by atoms with van der Waals surface area (Å²) >= 11 is 5.99. The monoisotopic (exact) mass is 419 g/mol. The van der Waals surface area contributed by atoms with Gasteiger partial charge in [0.2, 0.25) is 0 Å². The summed E-state index contributed by atoms with van der Waals surface area (Å²) in [7, 11) is 0. The molecule has 0 bridgehead atoms. The Bertz CT molecular complexity index is 1030. The molecule has 3 aromatic rings. The van der Waals surface area contributed by atoms with Crippen LogP contribution in [0.1, 0.15) is 31.1 Å². The molecule has 3 heterocycles. The van der Waals surface area contributed by atoms with E-state index in [4.69, 9.17) is 11.6 Å². The minimum atomic E-state index is -1.59. The van der Waals surface area contributed by atoms with Crippen molar-refractivity contribution in [2.75, 3.05) is 18.4 Å². The Morgan fingerprint density at radius 3 is 2.79 bits per heavy atom. The van der Waals surface area contributed by atoms with Crippen LogP contribution in [0.5, 0.6) is 0 Å². The lowest BCUT2D eigenvalue weighted by atomic mass is 10.0. The van der Waals surface area contributed by atoms with Crippen molar-refractivity contribution in [1.29, 1.82) is 0 Å². The lowest BCUT2D eigenvalue weighted by Gasteiger charge is -2.22. The summed E-state index contributed by atoms with van der Waals surface area (Å²) in [6.45, 7) is 4.89. The maximum Gasteiger partial charge on any atom is 0.255 e. The number of amides is 1. The molecule has 1 amide bonds. The van der Waals surface area contributed by atoms with Gasteiger partial charge in [-0.15, -0.1) is 0 Å². The molecule has 0 fully saturated rings. The van der Waals surface area contributed by atoms with Gasteiger partial charge in [-0.25, -0.2) is 14.4 Å². The van der Waals surface area contributed by atoms with E-state index in [0.29, 0.717) is 28.7 Å². The highest BCUT2D eigenvalue weighted by Gasteiger charge is 2.27. The quantitative estimate of drug-likeness (QED) is 0.546. The number of pyridine rings is 2. The lowest BCUT2D eigenvalue weighted by molar-refractivity contribution is -0.00177. The third-order valence-corrected chi connectivity index (χ3v) is 4.66. The fourth-order valence-corrected chi connectivity index (χ4v) is 2.97. The molecule has 1 unspecified atom stereocenters. The van der Waals surface area contributed by atoms with Crippen LogP contribution in [0.15, 0.2) is 36.8 Å². The zero-order valence-electron chi connectivity index (χ0n) is 16.4. The zero-order valence-corrected chi connectivity index (χ0v) is 17.2. The fourth-order valence-electron chi connectivity index (χ4n) is 2.80. The summed E-state index contributed by atoms with van der Waals surface area (Å²) in [5.74, 6) is 0.0938. The van der Waals surface area contributed by atoms with Crippen LogP contribution >= 0.6 is 11.6 Å². The maximum absolute atomic E-state index is 13.9. The first-order chi connectivity index (χ1) is 13.7. The second kappa shape index (κ2) is 8.34. The van der Waals surface area contributed by atoms with Crippen molar-refractivity contribution in [3.05, 3.63) is 47.4 Å². The molecule has 0 aliphatic carbocycles. The number of nitrogens with one attached hydrogen (secondary N) is 2. The Balaban J connectivity index is 1.89. The van der Waals surface area contributed by atoms with Crippen molar-refractivity contribution >= 4 is 34.2 Å². The summed E-state index contributed by atoms with van der Waals surface area (Å²) in [6.07, 6.45) is 3.22. The number of rotatable bonds is 7. The Kier molecular flexibility index (Phi) is 6.04. The largest absolute Gasteiger partial charge is 0.387 e. The van der Waals surface area contributed by atoms with Crippen LogP contribution in [0.2, 0.25) is 5.02 Å². The molecular weight excluding hydrogens is 397 g/mol. The Labute approximate surface area is 172 Å². The lowest BCUT2D eigenvalue weighted by Crippen LogP contribution is -2.42. The van der Waals surface area contributed by atoms with E-state index in [0.717, 1.165) is 5.39 Å². The Hall–Kier alpha value is -2.71. The van der Waals surface area contributed by atoms with E-state index in [9.17, 15) is 14.3 Å².